The average Bonchev–Trinajstić information content (AvgIpc) is 2.33. The summed E-state index contributed by atoms with van der Waals surface area (Å²) in [5.74, 6) is 0.812. The molecular weight excluding hydrogens is 148 g/mol. The van der Waals surface area contributed by atoms with Gasteiger partial charge in [-0.2, -0.15) is 0 Å². The number of hydrogen-bond acceptors (Lipinski definition) is 2. The summed E-state index contributed by atoms with van der Waals surface area (Å²) >= 11 is 1.58. The molecule has 0 saturated carbocycles. The number of rotatable bonds is 2. The molecule has 2 nitrogen and oxygen atoms in total. The third-order valence-corrected chi connectivity index (χ3v) is 3.40. The molecule has 0 bridgehead atoms. The number of aliphatic carboxylic acids is 1. The summed E-state index contributed by atoms with van der Waals surface area (Å²) in [4.78, 5) is 10.6. The number of thioether (sulfide) groups is 1. The van der Waals surface area contributed by atoms with Crippen molar-refractivity contribution >= 4 is 17.7 Å². The Morgan fingerprint density at radius 3 is 2.90 bits per heavy atom. The van der Waals surface area contributed by atoms with Crippen molar-refractivity contribution in [3.63, 3.8) is 0 Å². The Morgan fingerprint density at radius 1 is 1.80 bits per heavy atom. The third-order valence-electron chi connectivity index (χ3n) is 1.98. The molecule has 1 saturated heterocycles. The highest BCUT2D eigenvalue weighted by Crippen LogP contribution is 2.34. The minimum absolute atomic E-state index is 0.120. The molecule has 1 N–H and O–H groups in total. The summed E-state index contributed by atoms with van der Waals surface area (Å²) in [5.41, 5.74) is 0. The molecule has 0 aromatic carbocycles. The highest BCUT2D eigenvalue weighted by molar-refractivity contribution is 8.00. The largest absolute Gasteiger partial charge is 0.480 e. The molecule has 0 amide bonds. The van der Waals surface area contributed by atoms with E-state index >= 15 is 0 Å². The van der Waals surface area contributed by atoms with E-state index in [1.807, 2.05) is 0 Å². The normalized spacial score (nSPS) is 32.5. The van der Waals surface area contributed by atoms with E-state index in [1.54, 1.807) is 11.8 Å². The highest BCUT2D eigenvalue weighted by Gasteiger charge is 2.31. The van der Waals surface area contributed by atoms with E-state index in [2.05, 4.69) is 6.92 Å². The Labute approximate surface area is 65.0 Å². The number of carboxylic acids is 1. The van der Waals surface area contributed by atoms with Crippen LogP contribution < -0.4 is 0 Å². The molecule has 1 aliphatic rings. The molecule has 1 fully saturated rings. The summed E-state index contributed by atoms with van der Waals surface area (Å²) in [6.07, 6.45) is 2.09. The fraction of sp³-hybridized carbons (Fsp3) is 0.857. The molecule has 2 unspecified atom stereocenters. The zero-order chi connectivity index (χ0) is 7.56. The van der Waals surface area contributed by atoms with Crippen LogP contribution >= 0.6 is 11.8 Å². The quantitative estimate of drug-likeness (QED) is 0.666. The van der Waals surface area contributed by atoms with Gasteiger partial charge in [-0.05, 0) is 18.1 Å². The van der Waals surface area contributed by atoms with E-state index in [-0.39, 0.29) is 5.25 Å². The Kier molecular flexibility index (Phi) is 2.60. The fourth-order valence-corrected chi connectivity index (χ4v) is 2.76. The SMILES string of the molecule is CCC1CCSC1C(=O)O. The summed E-state index contributed by atoms with van der Waals surface area (Å²) < 4.78 is 0. The van der Waals surface area contributed by atoms with Crippen LogP contribution in [0.15, 0.2) is 0 Å². The van der Waals surface area contributed by atoms with Gasteiger partial charge in [0.15, 0.2) is 0 Å². The molecule has 0 spiro atoms. The molecule has 2 atom stereocenters. The van der Waals surface area contributed by atoms with E-state index in [0.29, 0.717) is 5.92 Å². The van der Waals surface area contributed by atoms with E-state index < -0.39 is 5.97 Å². The zero-order valence-electron chi connectivity index (χ0n) is 6.04. The summed E-state index contributed by atoms with van der Waals surface area (Å²) in [7, 11) is 0. The van der Waals surface area contributed by atoms with Gasteiger partial charge in [0, 0.05) is 0 Å². The van der Waals surface area contributed by atoms with Gasteiger partial charge in [-0.25, -0.2) is 0 Å². The minimum atomic E-state index is -0.630. The number of carboxylic acid groups (broad SMARTS) is 1. The van der Waals surface area contributed by atoms with Crippen LogP contribution in [0.4, 0.5) is 0 Å². The van der Waals surface area contributed by atoms with Crippen molar-refractivity contribution in [2.45, 2.75) is 25.0 Å². The van der Waals surface area contributed by atoms with E-state index in [1.165, 1.54) is 0 Å². The summed E-state index contributed by atoms with van der Waals surface area (Å²) in [5, 5.41) is 8.57. The van der Waals surface area contributed by atoms with Crippen molar-refractivity contribution in [1.82, 2.24) is 0 Å². The molecule has 58 valence electrons. The van der Waals surface area contributed by atoms with Crippen molar-refractivity contribution in [2.75, 3.05) is 5.75 Å². The molecule has 0 aliphatic carbocycles. The second kappa shape index (κ2) is 3.28. The van der Waals surface area contributed by atoms with Crippen molar-refractivity contribution in [3.8, 4) is 0 Å². The first-order valence-corrected chi connectivity index (χ1v) is 4.65. The molecule has 0 aromatic rings. The summed E-state index contributed by atoms with van der Waals surface area (Å²) in [6, 6.07) is 0. The zero-order valence-corrected chi connectivity index (χ0v) is 6.86. The molecule has 0 aromatic heterocycles. The predicted molar refractivity (Wildman–Crippen MR) is 42.3 cm³/mol. The molecular formula is C7H12O2S. The lowest BCUT2D eigenvalue weighted by molar-refractivity contribution is -0.137. The first kappa shape index (κ1) is 7.92. The Bertz CT molecular complexity index is 136. The van der Waals surface area contributed by atoms with Crippen LogP contribution in [0.1, 0.15) is 19.8 Å². The van der Waals surface area contributed by atoms with Crippen LogP contribution in [0.5, 0.6) is 0 Å². The highest BCUT2D eigenvalue weighted by atomic mass is 32.2. The third kappa shape index (κ3) is 1.45. The summed E-state index contributed by atoms with van der Waals surface area (Å²) in [6.45, 7) is 2.06. The molecule has 1 aliphatic heterocycles. The van der Waals surface area contributed by atoms with Gasteiger partial charge >= 0.3 is 5.97 Å². The number of hydrogen-bond donors (Lipinski definition) is 1. The first-order chi connectivity index (χ1) is 4.75. The van der Waals surface area contributed by atoms with E-state index in [9.17, 15) is 4.79 Å². The van der Waals surface area contributed by atoms with Crippen LogP contribution in [0.25, 0.3) is 0 Å². The van der Waals surface area contributed by atoms with Crippen molar-refractivity contribution in [3.05, 3.63) is 0 Å². The number of carbonyl (C=O) groups is 1. The average molecular weight is 160 g/mol. The molecule has 1 heterocycles. The standard InChI is InChI=1S/C7H12O2S/c1-2-5-3-4-10-6(5)7(8)9/h5-6H,2-4H2,1H3,(H,8,9). The maximum absolute atomic E-state index is 10.6. The lowest BCUT2D eigenvalue weighted by Crippen LogP contribution is -2.21. The Hall–Kier alpha value is -0.180. The van der Waals surface area contributed by atoms with Gasteiger partial charge in [-0.1, -0.05) is 13.3 Å². The lowest BCUT2D eigenvalue weighted by Gasteiger charge is -2.10. The molecule has 10 heavy (non-hydrogen) atoms. The van der Waals surface area contributed by atoms with Crippen LogP contribution in [-0.2, 0) is 4.79 Å². The van der Waals surface area contributed by atoms with Crippen molar-refractivity contribution < 1.29 is 9.90 Å². The molecule has 3 heteroatoms. The van der Waals surface area contributed by atoms with Gasteiger partial charge < -0.3 is 5.11 Å². The molecule has 1 rings (SSSR count). The van der Waals surface area contributed by atoms with Gasteiger partial charge in [0.2, 0.25) is 0 Å². The van der Waals surface area contributed by atoms with Crippen LogP contribution in [-0.4, -0.2) is 22.1 Å². The maximum Gasteiger partial charge on any atom is 0.316 e. The topological polar surface area (TPSA) is 37.3 Å². The Morgan fingerprint density at radius 2 is 2.50 bits per heavy atom. The molecule has 0 radical (unpaired) electrons. The smallest absolute Gasteiger partial charge is 0.316 e. The second-order valence-electron chi connectivity index (χ2n) is 2.59. The van der Waals surface area contributed by atoms with Gasteiger partial charge in [0.1, 0.15) is 5.25 Å². The van der Waals surface area contributed by atoms with Gasteiger partial charge in [-0.15, -0.1) is 11.8 Å². The van der Waals surface area contributed by atoms with Crippen LogP contribution in [0, 0.1) is 5.92 Å². The first-order valence-electron chi connectivity index (χ1n) is 3.60. The van der Waals surface area contributed by atoms with E-state index in [0.717, 1.165) is 18.6 Å². The minimum Gasteiger partial charge on any atom is -0.480 e. The maximum atomic E-state index is 10.6. The van der Waals surface area contributed by atoms with E-state index in [4.69, 9.17) is 5.11 Å². The predicted octanol–water partition coefficient (Wildman–Crippen LogP) is 1.60. The Balaban J connectivity index is 2.50. The van der Waals surface area contributed by atoms with Gasteiger partial charge in [0.05, 0.1) is 0 Å². The van der Waals surface area contributed by atoms with Gasteiger partial charge in [-0.3, -0.25) is 4.79 Å². The van der Waals surface area contributed by atoms with Crippen LogP contribution in [0.2, 0.25) is 0 Å². The van der Waals surface area contributed by atoms with Crippen molar-refractivity contribution in [1.29, 1.82) is 0 Å². The van der Waals surface area contributed by atoms with Crippen LogP contribution in [0.3, 0.4) is 0 Å². The van der Waals surface area contributed by atoms with Gasteiger partial charge in [0.25, 0.3) is 0 Å². The van der Waals surface area contributed by atoms with Crippen molar-refractivity contribution in [2.24, 2.45) is 5.92 Å². The second-order valence-corrected chi connectivity index (χ2v) is 3.84. The fourth-order valence-electron chi connectivity index (χ4n) is 1.32. The lowest BCUT2D eigenvalue weighted by atomic mass is 10.00. The monoisotopic (exact) mass is 160 g/mol.